The van der Waals surface area contributed by atoms with Crippen LogP contribution >= 0.6 is 11.6 Å². The van der Waals surface area contributed by atoms with Gasteiger partial charge in [0.05, 0.1) is 23.9 Å². The number of carbonyl (C=O) groups is 1. The summed E-state index contributed by atoms with van der Waals surface area (Å²) in [6.07, 6.45) is -1.14. The van der Waals surface area contributed by atoms with Crippen LogP contribution in [0.5, 0.6) is 0 Å². The van der Waals surface area contributed by atoms with Crippen LogP contribution in [0, 0.1) is 5.82 Å². The average Bonchev–Trinajstić information content (AvgIpc) is 2.99. The number of rotatable bonds is 4. The minimum absolute atomic E-state index is 0.0461. The number of aromatic nitrogens is 2. The number of carbonyl (C=O) groups excluding carboxylic acids is 1. The smallest absolute Gasteiger partial charge is 0.295 e. The Morgan fingerprint density at radius 3 is 2.93 bits per heavy atom. The van der Waals surface area contributed by atoms with Crippen molar-refractivity contribution < 1.29 is 24.2 Å². The van der Waals surface area contributed by atoms with E-state index in [9.17, 15) is 19.4 Å². The highest BCUT2D eigenvalue weighted by atomic mass is 35.5. The third-order valence-electron chi connectivity index (χ3n) is 5.43. The highest BCUT2D eigenvalue weighted by molar-refractivity contribution is 6.31. The fourth-order valence-corrected chi connectivity index (χ4v) is 4.05. The summed E-state index contributed by atoms with van der Waals surface area (Å²) in [6.45, 7) is 2.23. The molecule has 2 aromatic rings. The second-order valence-electron chi connectivity index (χ2n) is 7.54. The lowest BCUT2D eigenvalue weighted by Crippen LogP contribution is -2.49. The van der Waals surface area contributed by atoms with Crippen LogP contribution in [0.25, 0.3) is 0 Å². The van der Waals surface area contributed by atoms with Gasteiger partial charge in [0.25, 0.3) is 5.91 Å². The zero-order valence-corrected chi connectivity index (χ0v) is 17.3. The van der Waals surface area contributed by atoms with Crippen molar-refractivity contribution in [2.24, 2.45) is 0 Å². The number of hydrogen-bond donors (Lipinski definition) is 3. The van der Waals surface area contributed by atoms with Crippen molar-refractivity contribution in [1.82, 2.24) is 19.7 Å². The van der Waals surface area contributed by atoms with Crippen molar-refractivity contribution in [3.8, 4) is 0 Å². The maximum Gasteiger partial charge on any atom is 0.295 e. The molecule has 0 bridgehead atoms. The Morgan fingerprint density at radius 2 is 2.23 bits per heavy atom. The van der Waals surface area contributed by atoms with Gasteiger partial charge in [-0.3, -0.25) is 19.2 Å². The van der Waals surface area contributed by atoms with E-state index in [2.05, 4.69) is 10.4 Å². The van der Waals surface area contributed by atoms with Gasteiger partial charge in [-0.05, 0) is 25.1 Å². The van der Waals surface area contributed by atoms with Crippen LogP contribution in [-0.2, 0) is 24.3 Å². The molecule has 0 saturated carbocycles. The number of benzene rings is 1. The summed E-state index contributed by atoms with van der Waals surface area (Å²) in [5.74, 6) is -0.900. The zero-order valence-electron chi connectivity index (χ0n) is 16.5. The monoisotopic (exact) mass is 439 g/mol. The topological polar surface area (TPSA) is 103 Å². The van der Waals surface area contributed by atoms with Gasteiger partial charge in [0, 0.05) is 37.3 Å². The first kappa shape index (κ1) is 21.0. The number of fused-ring (bicyclic) bond motifs is 3. The maximum atomic E-state index is 13.4. The second kappa shape index (κ2) is 8.12. The molecular formula is C19H23ClFN5O4. The molecule has 30 heavy (non-hydrogen) atoms. The van der Waals surface area contributed by atoms with Gasteiger partial charge in [-0.1, -0.05) is 11.6 Å². The lowest BCUT2D eigenvalue weighted by molar-refractivity contribution is -0.159. The molecule has 9 nitrogen and oxygen atoms in total. The standard InChI is InChI=1S/C19H23ClFN5O4/c1-10-5-16-13(17-18(28)24(2)30-12(9-27)7-26(17)23-16)8-25(10)19(29)22-11-3-4-15(21)14(20)6-11/h3-4,6,10,12,19,22,27,29H,5,7-9H2,1-2H3. The van der Waals surface area contributed by atoms with Crippen molar-refractivity contribution in [2.45, 2.75) is 44.9 Å². The first-order chi connectivity index (χ1) is 14.3. The molecular weight excluding hydrogens is 417 g/mol. The quantitative estimate of drug-likeness (QED) is 0.615. The van der Waals surface area contributed by atoms with Gasteiger partial charge >= 0.3 is 0 Å². The zero-order chi connectivity index (χ0) is 21.6. The molecule has 2 aliphatic heterocycles. The predicted octanol–water partition coefficient (Wildman–Crippen LogP) is 1.19. The van der Waals surface area contributed by atoms with Gasteiger partial charge in [0.15, 0.2) is 6.35 Å². The van der Waals surface area contributed by atoms with E-state index in [4.69, 9.17) is 16.4 Å². The molecule has 3 N–H and O–H groups in total. The van der Waals surface area contributed by atoms with Crippen LogP contribution in [0.2, 0.25) is 5.02 Å². The number of hydrogen-bond acceptors (Lipinski definition) is 7. The first-order valence-corrected chi connectivity index (χ1v) is 9.96. The van der Waals surface area contributed by atoms with Crippen LogP contribution < -0.4 is 5.32 Å². The molecule has 1 aromatic carbocycles. The van der Waals surface area contributed by atoms with Crippen LogP contribution in [0.1, 0.15) is 28.7 Å². The normalized spacial score (nSPS) is 23.0. The molecule has 1 aromatic heterocycles. The Bertz CT molecular complexity index is 971. The van der Waals surface area contributed by atoms with E-state index in [1.54, 1.807) is 9.58 Å². The molecule has 3 heterocycles. The van der Waals surface area contributed by atoms with E-state index in [1.807, 2.05) is 6.92 Å². The van der Waals surface area contributed by atoms with Crippen molar-refractivity contribution in [1.29, 1.82) is 0 Å². The largest absolute Gasteiger partial charge is 0.393 e. The molecule has 11 heteroatoms. The molecule has 0 aliphatic carbocycles. The van der Waals surface area contributed by atoms with E-state index >= 15 is 0 Å². The van der Waals surface area contributed by atoms with Gasteiger partial charge in [0.1, 0.15) is 17.6 Å². The summed E-state index contributed by atoms with van der Waals surface area (Å²) < 4.78 is 15.0. The SMILES string of the molecule is CC1Cc2nn3c(c2CN1C(O)Nc1ccc(F)c(Cl)c1)C(=O)N(C)OC(CO)C3. The van der Waals surface area contributed by atoms with Crippen molar-refractivity contribution in [2.75, 3.05) is 19.0 Å². The van der Waals surface area contributed by atoms with Gasteiger partial charge in [-0.15, -0.1) is 0 Å². The van der Waals surface area contributed by atoms with E-state index in [-0.39, 0.29) is 36.7 Å². The summed E-state index contributed by atoms with van der Waals surface area (Å²) >= 11 is 5.82. The first-order valence-electron chi connectivity index (χ1n) is 9.58. The molecule has 3 atom stereocenters. The van der Waals surface area contributed by atoms with Crippen LogP contribution in [0.3, 0.4) is 0 Å². The van der Waals surface area contributed by atoms with Gasteiger partial charge in [-0.2, -0.15) is 5.10 Å². The minimum Gasteiger partial charge on any atom is -0.393 e. The lowest BCUT2D eigenvalue weighted by Gasteiger charge is -2.37. The van der Waals surface area contributed by atoms with Crippen molar-refractivity contribution in [3.05, 3.63) is 46.0 Å². The predicted molar refractivity (Wildman–Crippen MR) is 106 cm³/mol. The molecule has 3 unspecified atom stereocenters. The third-order valence-corrected chi connectivity index (χ3v) is 5.72. The highest BCUT2D eigenvalue weighted by Crippen LogP contribution is 2.30. The number of nitrogens with one attached hydrogen (secondary N) is 1. The van der Waals surface area contributed by atoms with Gasteiger partial charge < -0.3 is 15.5 Å². The Kier molecular flexibility index (Phi) is 5.69. The van der Waals surface area contributed by atoms with Crippen LogP contribution in [-0.4, -0.2) is 68.0 Å². The number of anilines is 1. The fraction of sp³-hybridized carbons (Fsp3) is 0.474. The number of halogens is 2. The molecule has 0 radical (unpaired) electrons. The maximum absolute atomic E-state index is 13.4. The number of aliphatic hydroxyl groups excluding tert-OH is 2. The fourth-order valence-electron chi connectivity index (χ4n) is 3.87. The summed E-state index contributed by atoms with van der Waals surface area (Å²) in [7, 11) is 1.50. The Hall–Kier alpha value is -2.24. The van der Waals surface area contributed by atoms with Gasteiger partial charge in [-0.25, -0.2) is 9.45 Å². The Balaban J connectivity index is 1.60. The van der Waals surface area contributed by atoms with E-state index < -0.39 is 18.3 Å². The van der Waals surface area contributed by atoms with E-state index in [0.29, 0.717) is 23.4 Å². The highest BCUT2D eigenvalue weighted by Gasteiger charge is 2.37. The van der Waals surface area contributed by atoms with Crippen molar-refractivity contribution in [3.63, 3.8) is 0 Å². The minimum atomic E-state index is -1.09. The number of hydroxylamine groups is 2. The molecule has 4 rings (SSSR count). The Morgan fingerprint density at radius 1 is 1.47 bits per heavy atom. The summed E-state index contributed by atoms with van der Waals surface area (Å²) in [4.78, 5) is 20.1. The third kappa shape index (κ3) is 3.77. The van der Waals surface area contributed by atoms with Gasteiger partial charge in [0.2, 0.25) is 0 Å². The lowest BCUT2D eigenvalue weighted by atomic mass is 9.99. The summed E-state index contributed by atoms with van der Waals surface area (Å²) in [5.41, 5.74) is 2.35. The molecule has 1 amide bonds. The second-order valence-corrected chi connectivity index (χ2v) is 7.95. The molecule has 162 valence electrons. The van der Waals surface area contributed by atoms with E-state index in [1.165, 1.54) is 25.2 Å². The molecule has 0 spiro atoms. The molecule has 0 saturated heterocycles. The average molecular weight is 440 g/mol. The van der Waals surface area contributed by atoms with Crippen LogP contribution in [0.4, 0.5) is 10.1 Å². The number of nitrogens with zero attached hydrogens (tertiary/aromatic N) is 4. The molecule has 0 fully saturated rings. The van der Waals surface area contributed by atoms with Crippen LogP contribution in [0.15, 0.2) is 18.2 Å². The number of aliphatic hydroxyl groups is 2. The van der Waals surface area contributed by atoms with E-state index in [0.717, 1.165) is 10.8 Å². The summed E-state index contributed by atoms with van der Waals surface area (Å²) in [5, 5.41) is 28.8. The number of amides is 1. The van der Waals surface area contributed by atoms with Crippen molar-refractivity contribution >= 4 is 23.2 Å². The summed E-state index contributed by atoms with van der Waals surface area (Å²) in [6, 6.07) is 4.03. The Labute approximate surface area is 177 Å². The molecule has 2 aliphatic rings.